The number of nitrogens with one attached hydrogen (secondary N) is 3. The highest BCUT2D eigenvalue weighted by atomic mass is 32.2. The summed E-state index contributed by atoms with van der Waals surface area (Å²) in [7, 11) is 0. The smallest absolute Gasteiger partial charge is 0.329 e. The molecule has 3 amide bonds. The molecule has 37 heavy (non-hydrogen) atoms. The highest BCUT2D eigenvalue weighted by Gasteiger charge is 2.27. The van der Waals surface area contributed by atoms with Crippen LogP contribution in [0.5, 0.6) is 0 Å². The highest BCUT2D eigenvalue weighted by Crippen LogP contribution is 2.11. The molecular weight excluding hydrogens is 516 g/mol. The first kappa shape index (κ1) is 30.1. The van der Waals surface area contributed by atoms with E-state index in [0.29, 0.717) is 23.6 Å². The highest BCUT2D eigenvalue weighted by molar-refractivity contribution is 8.13. The second-order valence-corrected chi connectivity index (χ2v) is 10.2. The van der Waals surface area contributed by atoms with Crippen molar-refractivity contribution >= 4 is 52.3 Å². The third-order valence-corrected chi connectivity index (χ3v) is 6.57. The number of fused-ring (bicyclic) bond motifs is 2. The van der Waals surface area contributed by atoms with Gasteiger partial charge in [-0.1, -0.05) is 30.0 Å². The molecule has 1 aromatic heterocycles. The summed E-state index contributed by atoms with van der Waals surface area (Å²) in [6.45, 7) is 3.14. The van der Waals surface area contributed by atoms with Gasteiger partial charge in [0.25, 0.3) is 11.8 Å². The zero-order valence-electron chi connectivity index (χ0n) is 21.1. The van der Waals surface area contributed by atoms with Gasteiger partial charge in [-0.3, -0.25) is 19.2 Å². The molecule has 0 aliphatic carbocycles. The molecule has 2 bridgehead atoms. The van der Waals surface area contributed by atoms with Gasteiger partial charge in [-0.05, 0) is 50.0 Å². The number of hydrogen-bond donors (Lipinski definition) is 3. The molecule has 0 saturated carbocycles. The van der Waals surface area contributed by atoms with Gasteiger partial charge in [-0.2, -0.15) is 11.8 Å². The lowest BCUT2D eigenvalue weighted by Gasteiger charge is -2.22. The maximum atomic E-state index is 13.1. The van der Waals surface area contributed by atoms with Crippen molar-refractivity contribution in [1.82, 2.24) is 20.9 Å². The van der Waals surface area contributed by atoms with E-state index in [1.165, 1.54) is 42.6 Å². The van der Waals surface area contributed by atoms with Gasteiger partial charge in [0.2, 0.25) is 5.91 Å². The molecule has 2 rings (SSSR count). The summed E-state index contributed by atoms with van der Waals surface area (Å²) in [4.78, 5) is 66.7. The van der Waals surface area contributed by atoms with Crippen LogP contribution in [0.1, 0.15) is 49.3 Å². The minimum absolute atomic E-state index is 0.00524. The number of cyclic esters (lactones) is 1. The first-order chi connectivity index (χ1) is 17.7. The molecule has 12 heteroatoms. The molecule has 0 radical (unpaired) electrons. The van der Waals surface area contributed by atoms with E-state index < -0.39 is 29.9 Å². The lowest BCUT2D eigenvalue weighted by atomic mass is 10.1. The Morgan fingerprint density at radius 3 is 2.68 bits per heavy atom. The van der Waals surface area contributed by atoms with Crippen LogP contribution in [0, 0.1) is 0 Å². The standard InChI is InChI=1S/C25H32N4O6S2/c1-4-19-23(32)29-21(11-13-36-3)25(34)35-18(9-5-6-12-37-16(2)30)14-22(31)26-15-17-8-7-10-20(27-17)24(33)28-19/h4-5,7-10,18,21H,6,11-15H2,1-3H3,(H,26,31)(H,28,33)(H,29,32)/b9-5+,19-4-/t18-,21+/m1/s1. The van der Waals surface area contributed by atoms with Gasteiger partial charge in [0.05, 0.1) is 18.7 Å². The number of pyridine rings is 1. The van der Waals surface area contributed by atoms with E-state index in [1.54, 1.807) is 31.2 Å². The molecule has 1 aliphatic rings. The zero-order valence-corrected chi connectivity index (χ0v) is 22.7. The van der Waals surface area contributed by atoms with Crippen LogP contribution in [0.2, 0.25) is 0 Å². The Kier molecular flexibility index (Phi) is 12.9. The summed E-state index contributed by atoms with van der Waals surface area (Å²) in [5.74, 6) is -1.19. The van der Waals surface area contributed by atoms with Crippen molar-refractivity contribution in [2.75, 3.05) is 17.8 Å². The summed E-state index contributed by atoms with van der Waals surface area (Å²) >= 11 is 2.68. The van der Waals surface area contributed by atoms with Gasteiger partial charge in [0.1, 0.15) is 23.5 Å². The van der Waals surface area contributed by atoms with E-state index in [1.807, 2.05) is 6.26 Å². The minimum atomic E-state index is -0.992. The van der Waals surface area contributed by atoms with Gasteiger partial charge in [-0.15, -0.1) is 0 Å². The van der Waals surface area contributed by atoms with Crippen LogP contribution in [0.25, 0.3) is 0 Å². The normalized spacial score (nSPS) is 20.8. The Balaban J connectivity index is 2.33. The van der Waals surface area contributed by atoms with Gasteiger partial charge in [0, 0.05) is 12.7 Å². The number of allylic oxidation sites excluding steroid dienone is 2. The summed E-state index contributed by atoms with van der Waals surface area (Å²) < 4.78 is 5.63. The average Bonchev–Trinajstić information content (AvgIpc) is 2.87. The summed E-state index contributed by atoms with van der Waals surface area (Å²) in [6.07, 6.45) is 6.49. The molecule has 10 nitrogen and oxygen atoms in total. The molecule has 1 aromatic rings. The number of aromatic nitrogens is 1. The predicted molar refractivity (Wildman–Crippen MR) is 144 cm³/mol. The summed E-state index contributed by atoms with van der Waals surface area (Å²) in [5, 5.41) is 7.90. The number of rotatable bonds is 7. The maximum absolute atomic E-state index is 13.1. The van der Waals surface area contributed by atoms with Crippen molar-refractivity contribution in [1.29, 1.82) is 0 Å². The maximum Gasteiger partial charge on any atom is 0.329 e. The van der Waals surface area contributed by atoms with Crippen LogP contribution in [0.4, 0.5) is 0 Å². The van der Waals surface area contributed by atoms with Gasteiger partial charge >= 0.3 is 5.97 Å². The molecule has 0 fully saturated rings. The molecule has 3 N–H and O–H groups in total. The second-order valence-electron chi connectivity index (χ2n) is 7.99. The number of nitrogens with zero attached hydrogens (tertiary/aromatic N) is 1. The second kappa shape index (κ2) is 15.9. The molecule has 2 heterocycles. The van der Waals surface area contributed by atoms with E-state index in [2.05, 4.69) is 20.9 Å². The SMILES string of the molecule is C/C=C1\NC(=O)c2cccc(n2)CNC(=O)C[C@@H](/C=C/CCSC(C)=O)OC(=O)[C@H](CCSC)NC1=O. The first-order valence-electron chi connectivity index (χ1n) is 11.7. The number of carbonyl (C=O) groups excluding carboxylic acids is 5. The molecule has 2 atom stereocenters. The van der Waals surface area contributed by atoms with E-state index in [4.69, 9.17) is 4.74 Å². The van der Waals surface area contributed by atoms with E-state index >= 15 is 0 Å². The third kappa shape index (κ3) is 10.8. The fourth-order valence-corrected chi connectivity index (χ4v) is 4.23. The quantitative estimate of drug-likeness (QED) is 0.202. The van der Waals surface area contributed by atoms with Crippen molar-refractivity contribution in [2.45, 2.75) is 51.8 Å². The van der Waals surface area contributed by atoms with Crippen LogP contribution in [-0.4, -0.2) is 63.7 Å². The molecule has 1 aliphatic heterocycles. The Bertz CT molecular complexity index is 1060. The molecule has 0 unspecified atom stereocenters. The monoisotopic (exact) mass is 548 g/mol. The van der Waals surface area contributed by atoms with Gasteiger partial charge < -0.3 is 20.7 Å². The molecule has 0 spiro atoms. The Hall–Kier alpha value is -3.12. The zero-order chi connectivity index (χ0) is 27.2. The number of carbonyl (C=O) groups is 5. The van der Waals surface area contributed by atoms with Crippen molar-refractivity contribution in [3.05, 3.63) is 53.5 Å². The predicted octanol–water partition coefficient (Wildman–Crippen LogP) is 2.11. The lowest BCUT2D eigenvalue weighted by molar-refractivity contribution is -0.151. The van der Waals surface area contributed by atoms with Crippen LogP contribution in [-0.2, 0) is 30.5 Å². The van der Waals surface area contributed by atoms with E-state index in [0.717, 1.165) is 0 Å². The molecule has 0 aromatic carbocycles. The first-order valence-corrected chi connectivity index (χ1v) is 14.1. The Morgan fingerprint density at radius 1 is 1.19 bits per heavy atom. The number of ether oxygens (including phenoxy) is 1. The van der Waals surface area contributed by atoms with E-state index in [-0.39, 0.29) is 41.8 Å². The largest absolute Gasteiger partial charge is 0.456 e. The van der Waals surface area contributed by atoms with E-state index in [9.17, 15) is 24.0 Å². The van der Waals surface area contributed by atoms with Crippen molar-refractivity contribution < 1.29 is 28.7 Å². The molecular formula is C25H32N4O6S2. The average molecular weight is 549 g/mol. The van der Waals surface area contributed by atoms with Crippen LogP contribution in [0.15, 0.2) is 42.1 Å². The van der Waals surface area contributed by atoms with Crippen molar-refractivity contribution in [3.63, 3.8) is 0 Å². The van der Waals surface area contributed by atoms with Crippen molar-refractivity contribution in [2.24, 2.45) is 0 Å². The topological polar surface area (TPSA) is 144 Å². The summed E-state index contributed by atoms with van der Waals surface area (Å²) in [5.41, 5.74) is 0.495. The van der Waals surface area contributed by atoms with Crippen LogP contribution < -0.4 is 16.0 Å². The summed E-state index contributed by atoms with van der Waals surface area (Å²) in [6, 6.07) is 3.79. The lowest BCUT2D eigenvalue weighted by Crippen LogP contribution is -2.46. The Labute approximate surface area is 224 Å². The Morgan fingerprint density at radius 2 is 1.97 bits per heavy atom. The van der Waals surface area contributed by atoms with Gasteiger partial charge in [0.15, 0.2) is 5.12 Å². The van der Waals surface area contributed by atoms with Crippen LogP contribution >= 0.6 is 23.5 Å². The van der Waals surface area contributed by atoms with Crippen molar-refractivity contribution in [3.8, 4) is 0 Å². The number of hydrogen-bond acceptors (Lipinski definition) is 9. The van der Waals surface area contributed by atoms with Crippen LogP contribution in [0.3, 0.4) is 0 Å². The number of amides is 3. The van der Waals surface area contributed by atoms with Gasteiger partial charge in [-0.25, -0.2) is 9.78 Å². The number of esters is 1. The molecule has 200 valence electrons. The molecule has 0 saturated heterocycles. The fraction of sp³-hybridized carbons (Fsp3) is 0.440. The minimum Gasteiger partial charge on any atom is -0.456 e. The third-order valence-electron chi connectivity index (χ3n) is 5.08. The fourth-order valence-electron chi connectivity index (χ4n) is 3.21. The number of thioether (sulfide) groups is 2.